The van der Waals surface area contributed by atoms with Gasteiger partial charge >= 0.3 is 0 Å². The molecule has 2 heteroatoms. The lowest BCUT2D eigenvalue weighted by molar-refractivity contribution is 0.641. The highest BCUT2D eigenvalue weighted by molar-refractivity contribution is 6.18. The van der Waals surface area contributed by atoms with E-state index >= 15 is 0 Å². The molecular weight excluding hydrogens is 402 g/mol. The van der Waals surface area contributed by atoms with Crippen molar-refractivity contribution in [3.63, 3.8) is 0 Å². The molecule has 0 N–H and O–H groups in total. The summed E-state index contributed by atoms with van der Waals surface area (Å²) in [6.07, 6.45) is 3.10. The number of benzene rings is 4. The predicted molar refractivity (Wildman–Crippen MR) is 140 cm³/mol. The largest absolute Gasteiger partial charge is 0.455 e. The van der Waals surface area contributed by atoms with E-state index in [1.165, 1.54) is 0 Å². The predicted octanol–water partition coefficient (Wildman–Crippen LogP) is 9.17. The summed E-state index contributed by atoms with van der Waals surface area (Å²) in [7, 11) is 0. The van der Waals surface area contributed by atoms with E-state index in [9.17, 15) is 0 Å². The van der Waals surface area contributed by atoms with Crippen LogP contribution in [0.1, 0.15) is 49.2 Å². The maximum absolute atomic E-state index is 8.91. The molecule has 2 nitrogen and oxygen atoms in total. The lowest BCUT2D eigenvalue weighted by Crippen LogP contribution is -1.97. The Kier molecular flexibility index (Phi) is 3.76. The first-order chi connectivity index (χ1) is 17.7. The number of furan rings is 1. The number of rotatable bonds is 4. The average Bonchev–Trinajstić information content (AvgIpc) is 3.28. The number of hydrogen-bond donors (Lipinski definition) is 0. The van der Waals surface area contributed by atoms with Crippen LogP contribution in [0.3, 0.4) is 0 Å². The highest BCUT2D eigenvalue weighted by Gasteiger charge is 2.17. The number of fused-ring (bicyclic) bond motifs is 6. The highest BCUT2D eigenvalue weighted by Crippen LogP contribution is 2.40. The first kappa shape index (κ1) is 16.0. The van der Waals surface area contributed by atoms with Crippen LogP contribution >= 0.6 is 0 Å². The molecular formula is C31H27NO. The zero-order chi connectivity index (χ0) is 25.9. The van der Waals surface area contributed by atoms with Crippen molar-refractivity contribution in [2.24, 2.45) is 0 Å². The zero-order valence-electron chi connectivity index (χ0n) is 22.8. The van der Waals surface area contributed by atoms with Gasteiger partial charge in [0, 0.05) is 28.0 Å². The van der Waals surface area contributed by atoms with E-state index in [-0.39, 0.29) is 5.56 Å². The van der Waals surface area contributed by atoms with E-state index < -0.39 is 12.7 Å². The maximum Gasteiger partial charge on any atom is 0.145 e. The van der Waals surface area contributed by atoms with Crippen molar-refractivity contribution < 1.29 is 9.90 Å². The molecule has 0 saturated carbocycles. The Labute approximate surface area is 199 Å². The lowest BCUT2D eigenvalue weighted by Gasteiger charge is -2.14. The Balaban J connectivity index is 1.69. The molecule has 0 unspecified atom stereocenters. The first-order valence-corrected chi connectivity index (χ1v) is 11.5. The number of hydrogen-bond acceptors (Lipinski definition) is 2. The maximum atomic E-state index is 8.91. The fourth-order valence-electron chi connectivity index (χ4n) is 5.04. The van der Waals surface area contributed by atoms with E-state index in [0.717, 1.165) is 38.1 Å². The van der Waals surface area contributed by atoms with E-state index in [1.807, 2.05) is 50.2 Å². The third kappa shape index (κ3) is 3.13. The van der Waals surface area contributed by atoms with Crippen LogP contribution in [0.5, 0.6) is 0 Å². The van der Waals surface area contributed by atoms with Crippen molar-refractivity contribution >= 4 is 43.5 Å². The van der Waals surface area contributed by atoms with E-state index in [4.69, 9.17) is 9.90 Å². The zero-order valence-corrected chi connectivity index (χ0v) is 18.8. The average molecular weight is 434 g/mol. The fourth-order valence-corrected chi connectivity index (χ4v) is 5.04. The van der Waals surface area contributed by atoms with Crippen LogP contribution in [0, 0.1) is 6.85 Å². The van der Waals surface area contributed by atoms with Crippen LogP contribution in [0.4, 0.5) is 0 Å². The van der Waals surface area contributed by atoms with Gasteiger partial charge in [0.1, 0.15) is 11.2 Å². The molecule has 0 atom stereocenters. The van der Waals surface area contributed by atoms with Crippen LogP contribution < -0.4 is 0 Å². The van der Waals surface area contributed by atoms with Gasteiger partial charge in [0.2, 0.25) is 0 Å². The molecule has 0 spiro atoms. The molecule has 0 aliphatic rings. The molecule has 2 aromatic heterocycles. The molecule has 0 aliphatic carbocycles. The Hall–Kier alpha value is -3.65. The summed E-state index contributed by atoms with van der Waals surface area (Å²) in [5.74, 6) is -0.706. The second-order valence-corrected chi connectivity index (χ2v) is 8.56. The van der Waals surface area contributed by atoms with E-state index in [1.54, 1.807) is 18.3 Å². The number of pyridine rings is 1. The smallest absolute Gasteiger partial charge is 0.145 e. The summed E-state index contributed by atoms with van der Waals surface area (Å²) in [5, 5.41) is 5.73. The van der Waals surface area contributed by atoms with E-state index in [0.29, 0.717) is 35.1 Å². The summed E-state index contributed by atoms with van der Waals surface area (Å²) in [5.41, 5.74) is 3.71. The summed E-state index contributed by atoms with van der Waals surface area (Å²) in [4.78, 5) is 4.62. The summed E-state index contributed by atoms with van der Waals surface area (Å²) in [6, 6.07) is 23.7. The van der Waals surface area contributed by atoms with Crippen molar-refractivity contribution in [3.05, 3.63) is 90.1 Å². The molecule has 4 aromatic carbocycles. The molecule has 33 heavy (non-hydrogen) atoms. The molecule has 0 amide bonds. The van der Waals surface area contributed by atoms with Gasteiger partial charge in [0.15, 0.2) is 0 Å². The topological polar surface area (TPSA) is 26.0 Å². The van der Waals surface area contributed by atoms with Gasteiger partial charge in [-0.2, -0.15) is 0 Å². The highest BCUT2D eigenvalue weighted by atomic mass is 16.3. The van der Waals surface area contributed by atoms with Crippen molar-refractivity contribution in [2.45, 2.75) is 39.4 Å². The SMILES string of the molecule is [2H]C([2H])([2H])c1ccc(-c2cc(C([2H])(CC)CC)ccn2)c2oc3cc4c(ccc5ccccc54)cc3c12. The first-order valence-electron chi connectivity index (χ1n) is 13.5. The van der Waals surface area contributed by atoms with Crippen molar-refractivity contribution in [2.75, 3.05) is 0 Å². The van der Waals surface area contributed by atoms with Crippen molar-refractivity contribution in [3.8, 4) is 11.3 Å². The van der Waals surface area contributed by atoms with Gasteiger partial charge in [-0.25, -0.2) is 0 Å². The number of aromatic nitrogens is 1. The van der Waals surface area contributed by atoms with Gasteiger partial charge in [0.05, 0.1) is 5.69 Å². The minimum Gasteiger partial charge on any atom is -0.455 e. The third-order valence-electron chi connectivity index (χ3n) is 6.78. The standard InChI is InChI=1S/C31H27NO/c1-4-20(5-2)22-14-15-32-28(17-22)25-13-10-19(3)30-27-16-23-12-11-21-8-6-7-9-24(21)26(23)18-29(27)33-31(25)30/h6-18,20H,4-5H2,1-3H3/i3D3,20D. The number of nitrogens with zero attached hydrogens (tertiary/aromatic N) is 1. The van der Waals surface area contributed by atoms with Gasteiger partial charge in [-0.15, -0.1) is 0 Å². The van der Waals surface area contributed by atoms with Crippen LogP contribution in [0.15, 0.2) is 83.4 Å². The molecule has 162 valence electrons. The van der Waals surface area contributed by atoms with Crippen molar-refractivity contribution in [1.82, 2.24) is 4.98 Å². The van der Waals surface area contributed by atoms with Crippen LogP contribution in [-0.4, -0.2) is 4.98 Å². The summed E-state index contributed by atoms with van der Waals surface area (Å²) >= 11 is 0. The second-order valence-electron chi connectivity index (χ2n) is 8.56. The van der Waals surface area contributed by atoms with Crippen LogP contribution in [0.2, 0.25) is 0 Å². The van der Waals surface area contributed by atoms with Crippen LogP contribution in [-0.2, 0) is 0 Å². The van der Waals surface area contributed by atoms with Gasteiger partial charge < -0.3 is 4.42 Å². The molecule has 6 rings (SSSR count). The van der Waals surface area contributed by atoms with Gasteiger partial charge in [0.25, 0.3) is 0 Å². The summed E-state index contributed by atoms with van der Waals surface area (Å²) in [6.45, 7) is 1.74. The lowest BCUT2D eigenvalue weighted by atomic mass is 9.93. The minimum absolute atomic E-state index is 0.262. The summed E-state index contributed by atoms with van der Waals surface area (Å²) < 4.78 is 40.1. The monoisotopic (exact) mass is 433 g/mol. The number of aryl methyl sites for hydroxylation is 1. The Morgan fingerprint density at radius 1 is 0.879 bits per heavy atom. The second kappa shape index (κ2) is 7.74. The Morgan fingerprint density at radius 3 is 2.58 bits per heavy atom. The van der Waals surface area contributed by atoms with Gasteiger partial charge in [-0.3, -0.25) is 4.98 Å². The molecule has 2 heterocycles. The third-order valence-corrected chi connectivity index (χ3v) is 6.78. The van der Waals surface area contributed by atoms with Crippen molar-refractivity contribution in [1.29, 1.82) is 0 Å². The minimum atomic E-state index is -2.30. The quantitative estimate of drug-likeness (QED) is 0.259. The fraction of sp³-hybridized carbons (Fsp3) is 0.194. The molecule has 0 radical (unpaired) electrons. The molecule has 0 saturated heterocycles. The normalized spacial score (nSPS) is 14.5. The van der Waals surface area contributed by atoms with Gasteiger partial charge in [-0.05, 0) is 88.6 Å². The molecule has 0 fully saturated rings. The molecule has 6 aromatic rings. The Morgan fingerprint density at radius 2 is 1.73 bits per heavy atom. The van der Waals surface area contributed by atoms with Gasteiger partial charge in [-0.1, -0.05) is 56.3 Å². The van der Waals surface area contributed by atoms with Crippen LogP contribution in [0.25, 0.3) is 54.7 Å². The Bertz CT molecular complexity index is 1810. The van der Waals surface area contributed by atoms with E-state index in [2.05, 4.69) is 29.2 Å². The molecule has 0 bridgehead atoms. The molecule has 0 aliphatic heterocycles.